The van der Waals surface area contributed by atoms with Crippen molar-refractivity contribution in [1.82, 2.24) is 20.9 Å². The van der Waals surface area contributed by atoms with Crippen LogP contribution in [-0.2, 0) is 11.3 Å². The van der Waals surface area contributed by atoms with E-state index in [1.165, 1.54) is 0 Å². The molecule has 0 saturated heterocycles. The van der Waals surface area contributed by atoms with Gasteiger partial charge in [-0.1, -0.05) is 12.1 Å². The van der Waals surface area contributed by atoms with Gasteiger partial charge in [-0.2, -0.15) is 0 Å². The molecule has 31 heavy (non-hydrogen) atoms. The van der Waals surface area contributed by atoms with Crippen molar-refractivity contribution in [2.45, 2.75) is 45.8 Å². The fourth-order valence-electron chi connectivity index (χ4n) is 2.48. The van der Waals surface area contributed by atoms with Crippen LogP contribution in [0.1, 0.15) is 39.2 Å². The molecule has 0 bridgehead atoms. The number of hydrogen-bond donors (Lipinski definition) is 3. The Morgan fingerprint density at radius 2 is 1.68 bits per heavy atom. The molecule has 3 N–H and O–H groups in total. The predicted octanol–water partition coefficient (Wildman–Crippen LogP) is 3.21. The van der Waals surface area contributed by atoms with Crippen molar-refractivity contribution in [2.75, 3.05) is 47.4 Å². The van der Waals surface area contributed by atoms with Gasteiger partial charge in [0.15, 0.2) is 5.96 Å². The Morgan fingerprint density at radius 1 is 1.03 bits per heavy atom. The first kappa shape index (κ1) is 29.2. The van der Waals surface area contributed by atoms with Gasteiger partial charge in [-0.15, -0.1) is 24.0 Å². The van der Waals surface area contributed by atoms with Gasteiger partial charge in [0.1, 0.15) is 11.4 Å². The van der Waals surface area contributed by atoms with Crippen molar-refractivity contribution < 1.29 is 14.3 Å². The van der Waals surface area contributed by atoms with Gasteiger partial charge in [-0.05, 0) is 65.4 Å². The van der Waals surface area contributed by atoms with Crippen molar-refractivity contribution in [3.05, 3.63) is 29.8 Å². The Kier molecular flexibility index (Phi) is 15.1. The quantitative estimate of drug-likeness (QED) is 0.170. The van der Waals surface area contributed by atoms with E-state index in [-0.39, 0.29) is 24.0 Å². The summed E-state index contributed by atoms with van der Waals surface area (Å²) in [6.45, 7) is 9.16. The molecule has 8 nitrogen and oxygen atoms in total. The smallest absolute Gasteiger partial charge is 0.407 e. The van der Waals surface area contributed by atoms with E-state index in [0.29, 0.717) is 19.6 Å². The normalized spacial score (nSPS) is 11.5. The predicted molar refractivity (Wildman–Crippen MR) is 138 cm³/mol. The van der Waals surface area contributed by atoms with Gasteiger partial charge in [-0.25, -0.2) is 4.79 Å². The second kappa shape index (κ2) is 16.0. The summed E-state index contributed by atoms with van der Waals surface area (Å²) in [7, 11) is 5.86. The molecule has 1 amide bonds. The Bertz CT molecular complexity index is 646. The molecule has 0 aromatic heterocycles. The highest BCUT2D eigenvalue weighted by Crippen LogP contribution is 2.12. The minimum Gasteiger partial charge on any atom is -0.494 e. The second-order valence-electron chi connectivity index (χ2n) is 8.28. The molecule has 0 aliphatic heterocycles. The summed E-state index contributed by atoms with van der Waals surface area (Å²) >= 11 is 0. The number of nitrogens with one attached hydrogen (secondary N) is 3. The lowest BCUT2D eigenvalue weighted by Crippen LogP contribution is -2.39. The number of aliphatic imine (C=N–C) groups is 1. The molecule has 0 saturated carbocycles. The van der Waals surface area contributed by atoms with Crippen LogP contribution in [-0.4, -0.2) is 69.9 Å². The third-order valence-corrected chi connectivity index (χ3v) is 3.94. The molecular weight excluding hydrogens is 509 g/mol. The summed E-state index contributed by atoms with van der Waals surface area (Å²) in [6, 6.07) is 8.08. The van der Waals surface area contributed by atoms with Crippen molar-refractivity contribution in [2.24, 2.45) is 4.99 Å². The highest BCUT2D eigenvalue weighted by atomic mass is 127. The van der Waals surface area contributed by atoms with Crippen LogP contribution in [0.5, 0.6) is 5.75 Å². The van der Waals surface area contributed by atoms with Crippen molar-refractivity contribution in [3.63, 3.8) is 0 Å². The lowest BCUT2D eigenvalue weighted by Gasteiger charge is -2.19. The van der Waals surface area contributed by atoms with E-state index in [9.17, 15) is 4.79 Å². The molecular formula is C22H40IN5O3. The zero-order valence-corrected chi connectivity index (χ0v) is 22.1. The van der Waals surface area contributed by atoms with E-state index < -0.39 is 11.7 Å². The topological polar surface area (TPSA) is 87.2 Å². The van der Waals surface area contributed by atoms with E-state index in [1.54, 1.807) is 7.05 Å². The van der Waals surface area contributed by atoms with Gasteiger partial charge in [0.05, 0.1) is 6.61 Å². The van der Waals surface area contributed by atoms with Crippen LogP contribution in [0.4, 0.5) is 4.79 Å². The minimum atomic E-state index is -0.481. The van der Waals surface area contributed by atoms with E-state index in [2.05, 4.69) is 39.9 Å². The Labute approximate surface area is 204 Å². The first-order chi connectivity index (χ1) is 14.2. The van der Waals surface area contributed by atoms with Crippen molar-refractivity contribution in [3.8, 4) is 5.75 Å². The molecule has 0 fully saturated rings. The maximum Gasteiger partial charge on any atom is 0.407 e. The number of halogens is 1. The SMILES string of the molecule is CN=C(NCCCNC(=O)OC(C)(C)C)NCc1ccc(OCCCN(C)C)cc1.I. The number of nitrogens with zero attached hydrogens (tertiary/aromatic N) is 2. The number of carbonyl (C=O) groups is 1. The van der Waals surface area contributed by atoms with Crippen LogP contribution in [0.3, 0.4) is 0 Å². The number of benzene rings is 1. The lowest BCUT2D eigenvalue weighted by atomic mass is 10.2. The van der Waals surface area contributed by atoms with Crippen LogP contribution < -0.4 is 20.7 Å². The van der Waals surface area contributed by atoms with E-state index >= 15 is 0 Å². The zero-order chi connectivity index (χ0) is 22.4. The molecule has 0 heterocycles. The fraction of sp³-hybridized carbons (Fsp3) is 0.636. The summed E-state index contributed by atoms with van der Waals surface area (Å²) in [5, 5.41) is 9.26. The number of rotatable bonds is 11. The van der Waals surface area contributed by atoms with Crippen molar-refractivity contribution in [1.29, 1.82) is 0 Å². The Hall–Kier alpha value is -1.75. The van der Waals surface area contributed by atoms with Crippen LogP contribution in [0, 0.1) is 0 Å². The third kappa shape index (κ3) is 15.7. The van der Waals surface area contributed by atoms with Crippen molar-refractivity contribution >= 4 is 36.0 Å². The summed E-state index contributed by atoms with van der Waals surface area (Å²) in [5.74, 6) is 1.61. The number of alkyl carbamates (subject to hydrolysis) is 1. The lowest BCUT2D eigenvalue weighted by molar-refractivity contribution is 0.0527. The summed E-state index contributed by atoms with van der Waals surface area (Å²) in [5.41, 5.74) is 0.662. The molecule has 1 aromatic carbocycles. The van der Waals surface area contributed by atoms with Gasteiger partial charge >= 0.3 is 6.09 Å². The van der Waals surface area contributed by atoms with Gasteiger partial charge in [0, 0.05) is 33.2 Å². The number of ether oxygens (including phenoxy) is 2. The number of guanidine groups is 1. The first-order valence-corrected chi connectivity index (χ1v) is 10.5. The molecule has 178 valence electrons. The highest BCUT2D eigenvalue weighted by Gasteiger charge is 2.15. The average molecular weight is 549 g/mol. The van der Waals surface area contributed by atoms with E-state index in [0.717, 1.165) is 43.3 Å². The minimum absolute atomic E-state index is 0. The molecule has 0 spiro atoms. The van der Waals surface area contributed by atoms with Crippen LogP contribution in [0.25, 0.3) is 0 Å². The fourth-order valence-corrected chi connectivity index (χ4v) is 2.48. The van der Waals surface area contributed by atoms with Crippen LogP contribution >= 0.6 is 24.0 Å². The maximum absolute atomic E-state index is 11.6. The molecule has 0 unspecified atom stereocenters. The van der Waals surface area contributed by atoms with Gasteiger partial charge in [0.2, 0.25) is 0 Å². The van der Waals surface area contributed by atoms with Gasteiger partial charge < -0.3 is 30.3 Å². The molecule has 0 radical (unpaired) electrons. The highest BCUT2D eigenvalue weighted by molar-refractivity contribution is 14.0. The van der Waals surface area contributed by atoms with E-state index in [4.69, 9.17) is 9.47 Å². The molecule has 0 atom stereocenters. The molecule has 0 aliphatic carbocycles. The number of amides is 1. The summed E-state index contributed by atoms with van der Waals surface area (Å²) < 4.78 is 11.0. The number of carbonyl (C=O) groups excluding carboxylic acids is 1. The second-order valence-corrected chi connectivity index (χ2v) is 8.28. The van der Waals surface area contributed by atoms with Crippen LogP contribution in [0.15, 0.2) is 29.3 Å². The Morgan fingerprint density at radius 3 is 2.26 bits per heavy atom. The van der Waals surface area contributed by atoms with Gasteiger partial charge in [-0.3, -0.25) is 4.99 Å². The third-order valence-electron chi connectivity index (χ3n) is 3.94. The largest absolute Gasteiger partial charge is 0.494 e. The zero-order valence-electron chi connectivity index (χ0n) is 19.8. The summed E-state index contributed by atoms with van der Waals surface area (Å²) in [4.78, 5) is 18.0. The number of hydrogen-bond acceptors (Lipinski definition) is 5. The molecule has 9 heteroatoms. The Balaban J connectivity index is 0.00000900. The average Bonchev–Trinajstić information content (AvgIpc) is 2.66. The maximum atomic E-state index is 11.6. The monoisotopic (exact) mass is 549 g/mol. The molecule has 1 rings (SSSR count). The molecule has 1 aromatic rings. The first-order valence-electron chi connectivity index (χ1n) is 10.5. The molecule has 0 aliphatic rings. The van der Waals surface area contributed by atoms with Gasteiger partial charge in [0.25, 0.3) is 0 Å². The summed E-state index contributed by atoms with van der Waals surface area (Å²) in [6.07, 6.45) is 1.38. The van der Waals surface area contributed by atoms with Crippen LogP contribution in [0.2, 0.25) is 0 Å². The van der Waals surface area contributed by atoms with E-state index in [1.807, 2.05) is 45.0 Å². The standard InChI is InChI=1S/C22H39N5O3.HI/c1-22(2,3)30-21(28)25-14-7-13-24-20(23-4)26-17-18-9-11-19(12-10-18)29-16-8-15-27(5)6;/h9-12H,7-8,13-17H2,1-6H3,(H,25,28)(H2,23,24,26);1H.